The van der Waals surface area contributed by atoms with E-state index in [2.05, 4.69) is 5.32 Å². The number of rotatable bonds is 5. The van der Waals surface area contributed by atoms with Crippen molar-refractivity contribution in [2.24, 2.45) is 5.73 Å². The van der Waals surface area contributed by atoms with Gasteiger partial charge in [-0.25, -0.2) is 0 Å². The highest BCUT2D eigenvalue weighted by Crippen LogP contribution is 2.17. The Morgan fingerprint density at radius 2 is 2.10 bits per heavy atom. The number of aryl methyl sites for hydroxylation is 1. The lowest BCUT2D eigenvalue weighted by molar-refractivity contribution is -0.122. The van der Waals surface area contributed by atoms with Crippen molar-refractivity contribution in [1.29, 1.82) is 0 Å². The minimum absolute atomic E-state index is 0.133. The molecule has 2 rings (SSSR count). The van der Waals surface area contributed by atoms with Crippen molar-refractivity contribution in [3.8, 4) is 5.75 Å². The molecule has 1 aliphatic carbocycles. The Morgan fingerprint density at radius 1 is 1.35 bits per heavy atom. The van der Waals surface area contributed by atoms with Gasteiger partial charge in [-0.2, -0.15) is 0 Å². The van der Waals surface area contributed by atoms with E-state index in [0.717, 1.165) is 43.4 Å². The van der Waals surface area contributed by atoms with Crippen LogP contribution in [0.2, 0.25) is 0 Å². The fraction of sp³-hybridized carbons (Fsp3) is 0.562. The Labute approximate surface area is 120 Å². The molecule has 0 radical (unpaired) electrons. The summed E-state index contributed by atoms with van der Waals surface area (Å²) >= 11 is 0. The zero-order valence-corrected chi connectivity index (χ0v) is 12.1. The first-order chi connectivity index (χ1) is 9.67. The number of carbonyl (C=O) groups is 1. The van der Waals surface area contributed by atoms with E-state index < -0.39 is 0 Å². The Balaban J connectivity index is 1.74. The van der Waals surface area contributed by atoms with Crippen molar-refractivity contribution >= 4 is 5.91 Å². The summed E-state index contributed by atoms with van der Waals surface area (Å²) in [7, 11) is 1.65. The summed E-state index contributed by atoms with van der Waals surface area (Å²) in [5, 5.41) is 3.11. The zero-order chi connectivity index (χ0) is 14.4. The lowest BCUT2D eigenvalue weighted by atomic mass is 9.91. The van der Waals surface area contributed by atoms with Gasteiger partial charge in [0.05, 0.1) is 7.11 Å². The number of nitrogens with two attached hydrogens (primary N) is 1. The fourth-order valence-corrected chi connectivity index (χ4v) is 2.65. The zero-order valence-electron chi connectivity index (χ0n) is 12.1. The number of ether oxygens (including phenoxy) is 1. The molecule has 1 amide bonds. The average Bonchev–Trinajstić information content (AvgIpc) is 2.48. The van der Waals surface area contributed by atoms with Crippen molar-refractivity contribution in [3.05, 3.63) is 29.8 Å². The molecule has 3 N–H and O–H groups in total. The number of hydrogen-bond donors (Lipinski definition) is 2. The first kappa shape index (κ1) is 14.9. The topological polar surface area (TPSA) is 64.3 Å². The van der Waals surface area contributed by atoms with Gasteiger partial charge in [0.1, 0.15) is 5.75 Å². The van der Waals surface area contributed by atoms with E-state index in [1.54, 1.807) is 7.11 Å². The molecule has 0 atom stereocenters. The van der Waals surface area contributed by atoms with Crippen LogP contribution >= 0.6 is 0 Å². The molecule has 0 spiro atoms. The van der Waals surface area contributed by atoms with Crippen LogP contribution in [-0.2, 0) is 11.2 Å². The van der Waals surface area contributed by atoms with Crippen LogP contribution in [0.3, 0.4) is 0 Å². The second kappa shape index (κ2) is 7.29. The molecule has 1 fully saturated rings. The van der Waals surface area contributed by atoms with Crippen molar-refractivity contribution in [3.63, 3.8) is 0 Å². The van der Waals surface area contributed by atoms with E-state index in [4.69, 9.17) is 10.5 Å². The molecule has 0 aromatic heterocycles. The van der Waals surface area contributed by atoms with Crippen molar-refractivity contribution in [2.75, 3.05) is 7.11 Å². The molecular formula is C16H24N2O2. The first-order valence-electron chi connectivity index (χ1n) is 7.35. The standard InChI is InChI=1S/C16H24N2O2/c1-20-15-4-2-3-12(11-15)5-10-16(19)18-14-8-6-13(17)7-9-14/h2-4,11,13-14H,5-10,17H2,1H3,(H,18,19). The van der Waals surface area contributed by atoms with Crippen LogP contribution in [0.1, 0.15) is 37.7 Å². The Bertz CT molecular complexity index is 440. The van der Waals surface area contributed by atoms with Gasteiger partial charge in [-0.05, 0) is 49.8 Å². The molecule has 20 heavy (non-hydrogen) atoms. The summed E-state index contributed by atoms with van der Waals surface area (Å²) < 4.78 is 5.18. The first-order valence-corrected chi connectivity index (χ1v) is 7.35. The highest BCUT2D eigenvalue weighted by atomic mass is 16.5. The van der Waals surface area contributed by atoms with Crippen LogP contribution in [0.5, 0.6) is 5.75 Å². The van der Waals surface area contributed by atoms with Crippen molar-refractivity contribution in [1.82, 2.24) is 5.32 Å². The second-order valence-electron chi connectivity index (χ2n) is 5.53. The molecule has 0 unspecified atom stereocenters. The number of hydrogen-bond acceptors (Lipinski definition) is 3. The molecule has 1 saturated carbocycles. The second-order valence-corrected chi connectivity index (χ2v) is 5.53. The third kappa shape index (κ3) is 4.53. The molecule has 0 bridgehead atoms. The highest BCUT2D eigenvalue weighted by molar-refractivity contribution is 5.76. The average molecular weight is 276 g/mol. The summed E-state index contributed by atoms with van der Waals surface area (Å²) in [6.07, 6.45) is 5.31. The van der Waals surface area contributed by atoms with Gasteiger partial charge in [0.25, 0.3) is 0 Å². The van der Waals surface area contributed by atoms with E-state index >= 15 is 0 Å². The van der Waals surface area contributed by atoms with Crippen molar-refractivity contribution < 1.29 is 9.53 Å². The molecule has 4 heteroatoms. The minimum Gasteiger partial charge on any atom is -0.497 e. The van der Waals surface area contributed by atoms with Crippen LogP contribution in [0, 0.1) is 0 Å². The number of benzene rings is 1. The van der Waals surface area contributed by atoms with Gasteiger partial charge in [0.2, 0.25) is 5.91 Å². The Hall–Kier alpha value is -1.55. The Morgan fingerprint density at radius 3 is 2.80 bits per heavy atom. The molecule has 0 aliphatic heterocycles. The van der Waals surface area contributed by atoms with Crippen molar-refractivity contribution in [2.45, 2.75) is 50.6 Å². The van der Waals surface area contributed by atoms with Gasteiger partial charge in [-0.3, -0.25) is 4.79 Å². The summed E-state index contributed by atoms with van der Waals surface area (Å²) in [5.74, 6) is 0.970. The van der Waals surface area contributed by atoms with Gasteiger partial charge in [-0.15, -0.1) is 0 Å². The summed E-state index contributed by atoms with van der Waals surface area (Å²) in [4.78, 5) is 11.9. The lowest BCUT2D eigenvalue weighted by Gasteiger charge is -2.26. The van der Waals surface area contributed by atoms with E-state index in [9.17, 15) is 4.79 Å². The number of methoxy groups -OCH3 is 1. The van der Waals surface area contributed by atoms with E-state index in [-0.39, 0.29) is 5.91 Å². The van der Waals surface area contributed by atoms with Gasteiger partial charge in [0, 0.05) is 18.5 Å². The van der Waals surface area contributed by atoms with Crippen LogP contribution < -0.4 is 15.8 Å². The quantitative estimate of drug-likeness (QED) is 0.864. The molecule has 4 nitrogen and oxygen atoms in total. The SMILES string of the molecule is COc1cccc(CCC(=O)NC2CCC(N)CC2)c1. The van der Waals surface area contributed by atoms with Crippen LogP contribution in [0.25, 0.3) is 0 Å². The lowest BCUT2D eigenvalue weighted by Crippen LogP contribution is -2.40. The molecule has 1 aromatic carbocycles. The summed E-state index contributed by atoms with van der Waals surface area (Å²) in [5.41, 5.74) is 6.99. The maximum Gasteiger partial charge on any atom is 0.220 e. The normalized spacial score (nSPS) is 22.3. The predicted octanol–water partition coefficient (Wildman–Crippen LogP) is 2.01. The Kier molecular flexibility index (Phi) is 5.41. The third-order valence-electron chi connectivity index (χ3n) is 3.91. The predicted molar refractivity (Wildman–Crippen MR) is 79.7 cm³/mol. The number of carbonyl (C=O) groups excluding carboxylic acids is 1. The third-order valence-corrected chi connectivity index (χ3v) is 3.91. The molecule has 0 heterocycles. The fourth-order valence-electron chi connectivity index (χ4n) is 2.65. The minimum atomic E-state index is 0.133. The number of amides is 1. The van der Waals surface area contributed by atoms with Crippen LogP contribution in [0.4, 0.5) is 0 Å². The van der Waals surface area contributed by atoms with Gasteiger partial charge >= 0.3 is 0 Å². The smallest absolute Gasteiger partial charge is 0.220 e. The summed E-state index contributed by atoms with van der Waals surface area (Å²) in [6.45, 7) is 0. The molecule has 110 valence electrons. The van der Waals surface area contributed by atoms with E-state index in [1.165, 1.54) is 0 Å². The van der Waals surface area contributed by atoms with E-state index in [0.29, 0.717) is 18.5 Å². The largest absolute Gasteiger partial charge is 0.497 e. The monoisotopic (exact) mass is 276 g/mol. The molecule has 1 aliphatic rings. The van der Waals surface area contributed by atoms with Gasteiger partial charge in [0.15, 0.2) is 0 Å². The summed E-state index contributed by atoms with van der Waals surface area (Å²) in [6, 6.07) is 8.50. The molecular weight excluding hydrogens is 252 g/mol. The maximum atomic E-state index is 11.9. The maximum absolute atomic E-state index is 11.9. The number of nitrogens with one attached hydrogen (secondary N) is 1. The van der Waals surface area contributed by atoms with Crippen LogP contribution in [0.15, 0.2) is 24.3 Å². The van der Waals surface area contributed by atoms with E-state index in [1.807, 2.05) is 24.3 Å². The van der Waals surface area contributed by atoms with Gasteiger partial charge < -0.3 is 15.8 Å². The van der Waals surface area contributed by atoms with Gasteiger partial charge in [-0.1, -0.05) is 12.1 Å². The van der Waals surface area contributed by atoms with Crippen LogP contribution in [-0.4, -0.2) is 25.1 Å². The molecule has 0 saturated heterocycles. The molecule has 1 aromatic rings. The highest BCUT2D eigenvalue weighted by Gasteiger charge is 2.19.